The average Bonchev–Trinajstić information content (AvgIpc) is 3.29. The van der Waals surface area contributed by atoms with Crippen molar-refractivity contribution in [2.75, 3.05) is 6.54 Å². The maximum atomic E-state index is 14.5. The van der Waals surface area contributed by atoms with Crippen LogP contribution < -0.4 is 10.1 Å². The Morgan fingerprint density at radius 1 is 1.27 bits per heavy atom. The Bertz CT molecular complexity index is 1120. The Morgan fingerprint density at radius 2 is 2.10 bits per heavy atom. The number of hydrogen-bond acceptors (Lipinski definition) is 5. The molecule has 0 unspecified atom stereocenters. The molecule has 0 bridgehead atoms. The molecule has 3 aromatic rings. The third-order valence-electron chi connectivity index (χ3n) is 6.32. The summed E-state index contributed by atoms with van der Waals surface area (Å²) in [7, 11) is 0. The molecule has 0 amide bonds. The zero-order valence-corrected chi connectivity index (χ0v) is 18.1. The summed E-state index contributed by atoms with van der Waals surface area (Å²) in [6.45, 7) is 3.23. The van der Waals surface area contributed by atoms with Gasteiger partial charge in [0.25, 0.3) is 0 Å². The number of aliphatic hydroxyl groups excluding tert-OH is 2. The van der Waals surface area contributed by atoms with Crippen LogP contribution in [0.15, 0.2) is 35.1 Å². The van der Waals surface area contributed by atoms with Gasteiger partial charge in [-0.3, -0.25) is 0 Å². The van der Waals surface area contributed by atoms with Crippen molar-refractivity contribution in [3.05, 3.63) is 57.6 Å². The SMILES string of the molecule is Cc1ccnc2c1ccn2[C@@H]1C[C@H](Oc2cc(Br)c(F)c3c2CNCC3)[C@@H](O)[C@H]1O. The molecule has 1 fully saturated rings. The van der Waals surface area contributed by atoms with Crippen LogP contribution in [0, 0.1) is 12.7 Å². The first-order chi connectivity index (χ1) is 14.5. The summed E-state index contributed by atoms with van der Waals surface area (Å²) >= 11 is 3.28. The van der Waals surface area contributed by atoms with Gasteiger partial charge in [-0.1, -0.05) is 0 Å². The molecule has 1 aromatic carbocycles. The average molecular weight is 476 g/mol. The van der Waals surface area contributed by atoms with Gasteiger partial charge in [0.15, 0.2) is 0 Å². The number of aryl methyl sites for hydroxylation is 1. The maximum absolute atomic E-state index is 14.5. The fraction of sp³-hybridized carbons (Fsp3) is 0.409. The molecule has 1 aliphatic carbocycles. The summed E-state index contributed by atoms with van der Waals surface area (Å²) in [5.74, 6) is 0.276. The molecular formula is C22H23BrFN3O3. The minimum Gasteiger partial charge on any atom is -0.487 e. The van der Waals surface area contributed by atoms with E-state index in [-0.39, 0.29) is 11.9 Å². The smallest absolute Gasteiger partial charge is 0.141 e. The highest BCUT2D eigenvalue weighted by Crippen LogP contribution is 2.39. The fourth-order valence-electron chi connectivity index (χ4n) is 4.66. The molecule has 6 nitrogen and oxygen atoms in total. The zero-order chi connectivity index (χ0) is 21.0. The highest BCUT2D eigenvalue weighted by molar-refractivity contribution is 9.10. The van der Waals surface area contributed by atoms with Crippen LogP contribution in [0.3, 0.4) is 0 Å². The van der Waals surface area contributed by atoms with Crippen molar-refractivity contribution in [3.8, 4) is 5.75 Å². The number of halogens is 2. The van der Waals surface area contributed by atoms with Crippen LogP contribution in [0.25, 0.3) is 11.0 Å². The number of rotatable bonds is 3. The lowest BCUT2D eigenvalue weighted by atomic mass is 9.99. The molecule has 30 heavy (non-hydrogen) atoms. The van der Waals surface area contributed by atoms with E-state index in [9.17, 15) is 14.6 Å². The second kappa shape index (κ2) is 7.60. The van der Waals surface area contributed by atoms with E-state index in [1.807, 2.05) is 29.8 Å². The monoisotopic (exact) mass is 475 g/mol. The van der Waals surface area contributed by atoms with E-state index in [1.54, 1.807) is 12.3 Å². The van der Waals surface area contributed by atoms with Crippen molar-refractivity contribution in [2.45, 2.75) is 50.7 Å². The van der Waals surface area contributed by atoms with Crippen molar-refractivity contribution in [1.82, 2.24) is 14.9 Å². The number of nitrogens with zero attached hydrogens (tertiary/aromatic N) is 2. The summed E-state index contributed by atoms with van der Waals surface area (Å²) in [6.07, 6.45) is 1.97. The predicted octanol–water partition coefficient (Wildman–Crippen LogP) is 3.01. The van der Waals surface area contributed by atoms with Gasteiger partial charge in [0.1, 0.15) is 35.5 Å². The highest BCUT2D eigenvalue weighted by Gasteiger charge is 2.44. The molecule has 158 valence electrons. The van der Waals surface area contributed by atoms with Gasteiger partial charge in [-0.05, 0) is 65.1 Å². The molecule has 3 heterocycles. The number of ether oxygens (including phenoxy) is 1. The number of aliphatic hydroxyl groups is 2. The van der Waals surface area contributed by atoms with Gasteiger partial charge in [-0.2, -0.15) is 0 Å². The first kappa shape index (κ1) is 19.9. The van der Waals surface area contributed by atoms with Crippen LogP contribution in [-0.2, 0) is 13.0 Å². The van der Waals surface area contributed by atoms with Gasteiger partial charge >= 0.3 is 0 Å². The van der Waals surface area contributed by atoms with Crippen molar-refractivity contribution in [3.63, 3.8) is 0 Å². The van der Waals surface area contributed by atoms with E-state index in [0.29, 0.717) is 41.7 Å². The third kappa shape index (κ3) is 3.13. The van der Waals surface area contributed by atoms with Crippen LogP contribution in [0.1, 0.15) is 29.2 Å². The van der Waals surface area contributed by atoms with Crippen LogP contribution >= 0.6 is 15.9 Å². The van der Waals surface area contributed by atoms with E-state index in [1.165, 1.54) is 0 Å². The van der Waals surface area contributed by atoms with E-state index < -0.39 is 18.3 Å². The standard InChI is InChI=1S/C22H23BrFN3O3/c1-11-2-6-26-22-12(11)4-7-27(22)16-9-18(21(29)20(16)28)30-17-8-15(23)19(24)13-3-5-25-10-14(13)17/h2,4,6-8,16,18,20-21,25,28-29H,3,5,9-10H2,1H3/t16-,18+,20+,21-/m1/s1. The molecule has 4 atom stereocenters. The van der Waals surface area contributed by atoms with Crippen molar-refractivity contribution < 1.29 is 19.3 Å². The number of hydrogen-bond donors (Lipinski definition) is 3. The van der Waals surface area contributed by atoms with Gasteiger partial charge in [0.05, 0.1) is 10.5 Å². The molecule has 8 heteroatoms. The Labute approximate surface area is 181 Å². The molecule has 0 spiro atoms. The number of aromatic nitrogens is 2. The van der Waals surface area contributed by atoms with E-state index in [4.69, 9.17) is 4.74 Å². The number of benzene rings is 1. The van der Waals surface area contributed by atoms with E-state index in [2.05, 4.69) is 26.2 Å². The predicted molar refractivity (Wildman–Crippen MR) is 114 cm³/mol. The Kier molecular flexibility index (Phi) is 5.05. The maximum Gasteiger partial charge on any atom is 0.141 e. The van der Waals surface area contributed by atoms with Crippen LogP contribution in [0.4, 0.5) is 4.39 Å². The second-order valence-electron chi connectivity index (χ2n) is 8.08. The molecule has 2 aliphatic rings. The topological polar surface area (TPSA) is 79.5 Å². The number of nitrogens with one attached hydrogen (secondary N) is 1. The quantitative estimate of drug-likeness (QED) is 0.542. The third-order valence-corrected chi connectivity index (χ3v) is 6.89. The highest BCUT2D eigenvalue weighted by atomic mass is 79.9. The van der Waals surface area contributed by atoms with E-state index in [0.717, 1.165) is 22.2 Å². The summed E-state index contributed by atoms with van der Waals surface area (Å²) in [5.41, 5.74) is 3.29. The fourth-order valence-corrected chi connectivity index (χ4v) is 5.11. The normalized spacial score (nSPS) is 26.2. The first-order valence-corrected chi connectivity index (χ1v) is 10.9. The lowest BCUT2D eigenvalue weighted by molar-refractivity contribution is -0.0166. The largest absolute Gasteiger partial charge is 0.487 e. The van der Waals surface area contributed by atoms with Crippen molar-refractivity contribution >= 4 is 27.0 Å². The summed E-state index contributed by atoms with van der Waals surface area (Å²) in [6, 6.07) is 5.17. The second-order valence-corrected chi connectivity index (χ2v) is 8.94. The van der Waals surface area contributed by atoms with Gasteiger partial charge in [-0.25, -0.2) is 9.37 Å². The zero-order valence-electron chi connectivity index (χ0n) is 16.5. The van der Waals surface area contributed by atoms with E-state index >= 15 is 0 Å². The van der Waals surface area contributed by atoms with Crippen LogP contribution in [0.2, 0.25) is 0 Å². The lowest BCUT2D eigenvalue weighted by Gasteiger charge is -2.25. The Morgan fingerprint density at radius 3 is 2.93 bits per heavy atom. The molecule has 0 saturated heterocycles. The van der Waals surface area contributed by atoms with Gasteiger partial charge in [0.2, 0.25) is 0 Å². The van der Waals surface area contributed by atoms with Crippen LogP contribution in [-0.4, -0.2) is 44.6 Å². The van der Waals surface area contributed by atoms with Gasteiger partial charge in [0, 0.05) is 36.3 Å². The lowest BCUT2D eigenvalue weighted by Crippen LogP contribution is -2.35. The molecule has 5 rings (SSSR count). The molecule has 1 aliphatic heterocycles. The number of pyridine rings is 1. The minimum absolute atomic E-state index is 0.260. The van der Waals surface area contributed by atoms with Crippen molar-refractivity contribution in [2.24, 2.45) is 0 Å². The first-order valence-electron chi connectivity index (χ1n) is 10.1. The molecule has 1 saturated carbocycles. The Balaban J connectivity index is 1.46. The minimum atomic E-state index is -1.06. The summed E-state index contributed by atoms with van der Waals surface area (Å²) < 4.78 is 23.0. The Hall–Kier alpha value is -2.00. The molecular weight excluding hydrogens is 453 g/mol. The summed E-state index contributed by atoms with van der Waals surface area (Å²) in [4.78, 5) is 4.47. The molecule has 0 radical (unpaired) electrons. The molecule has 2 aromatic heterocycles. The van der Waals surface area contributed by atoms with Crippen molar-refractivity contribution in [1.29, 1.82) is 0 Å². The van der Waals surface area contributed by atoms with Crippen LogP contribution in [0.5, 0.6) is 5.75 Å². The number of fused-ring (bicyclic) bond motifs is 2. The van der Waals surface area contributed by atoms with Gasteiger partial charge < -0.3 is 24.8 Å². The molecule has 3 N–H and O–H groups in total. The van der Waals surface area contributed by atoms with Gasteiger partial charge in [-0.15, -0.1) is 0 Å². The summed E-state index contributed by atoms with van der Waals surface area (Å²) in [5, 5.41) is 25.8.